The van der Waals surface area contributed by atoms with Crippen molar-refractivity contribution in [3.05, 3.63) is 59.7 Å². The number of aliphatic hydroxyl groups is 1. The van der Waals surface area contributed by atoms with E-state index in [1.54, 1.807) is 12.5 Å². The summed E-state index contributed by atoms with van der Waals surface area (Å²) in [5, 5.41) is 13.1. The van der Waals surface area contributed by atoms with E-state index in [0.29, 0.717) is 11.8 Å². The van der Waals surface area contributed by atoms with Crippen LogP contribution in [-0.4, -0.2) is 48.8 Å². The number of rotatable bonds is 5. The minimum atomic E-state index is 0.0511. The standard InChI is InChI=1S/C24H27N7O/c1-15-10-19(11-16(2)17(15)3)30-12-21(26-14-30)28-24-27-20-7-4-8-25-22(20)23(29-24)31-9-5-6-18(31)13-32/h4,7-8,10-12,14,18,32H,5-6,9,13H2,1-3H3,(H,27,28,29)/t18-/m0/s1. The molecular weight excluding hydrogens is 402 g/mol. The molecule has 0 bridgehead atoms. The van der Waals surface area contributed by atoms with Crippen molar-refractivity contribution in [2.75, 3.05) is 23.4 Å². The Bertz CT molecular complexity index is 1260. The monoisotopic (exact) mass is 429 g/mol. The van der Waals surface area contributed by atoms with Crippen LogP contribution in [-0.2, 0) is 0 Å². The number of benzene rings is 1. The molecule has 1 fully saturated rings. The van der Waals surface area contributed by atoms with E-state index < -0.39 is 0 Å². The number of aryl methyl sites for hydroxylation is 2. The fourth-order valence-electron chi connectivity index (χ4n) is 4.32. The molecule has 8 nitrogen and oxygen atoms in total. The van der Waals surface area contributed by atoms with Gasteiger partial charge in [-0.25, -0.2) is 9.97 Å². The largest absolute Gasteiger partial charge is 0.394 e. The Morgan fingerprint density at radius 2 is 1.94 bits per heavy atom. The molecule has 0 spiro atoms. The summed E-state index contributed by atoms with van der Waals surface area (Å²) in [6.07, 6.45) is 7.44. The van der Waals surface area contributed by atoms with Crippen LogP contribution in [0.4, 0.5) is 17.6 Å². The Labute approximate surface area is 187 Å². The van der Waals surface area contributed by atoms with Gasteiger partial charge in [-0.15, -0.1) is 0 Å². The van der Waals surface area contributed by atoms with Crippen molar-refractivity contribution in [3.63, 3.8) is 0 Å². The molecule has 4 heterocycles. The molecule has 8 heteroatoms. The predicted molar refractivity (Wildman–Crippen MR) is 126 cm³/mol. The van der Waals surface area contributed by atoms with Crippen molar-refractivity contribution < 1.29 is 5.11 Å². The number of nitrogens with one attached hydrogen (secondary N) is 1. The van der Waals surface area contributed by atoms with E-state index in [4.69, 9.17) is 4.98 Å². The first-order valence-electron chi connectivity index (χ1n) is 10.9. The molecule has 4 aromatic rings. The lowest BCUT2D eigenvalue weighted by molar-refractivity contribution is 0.266. The fourth-order valence-corrected chi connectivity index (χ4v) is 4.32. The van der Waals surface area contributed by atoms with Crippen molar-refractivity contribution in [1.29, 1.82) is 0 Å². The predicted octanol–water partition coefficient (Wildman–Crippen LogP) is 3.84. The summed E-state index contributed by atoms with van der Waals surface area (Å²) in [5.74, 6) is 1.87. The van der Waals surface area contributed by atoms with E-state index in [1.165, 1.54) is 16.7 Å². The number of hydrogen-bond donors (Lipinski definition) is 2. The van der Waals surface area contributed by atoms with Crippen LogP contribution in [0.25, 0.3) is 16.7 Å². The van der Waals surface area contributed by atoms with Crippen LogP contribution < -0.4 is 10.2 Å². The average Bonchev–Trinajstić information content (AvgIpc) is 3.46. The molecule has 1 aromatic carbocycles. The molecule has 0 saturated carbocycles. The van der Waals surface area contributed by atoms with E-state index in [0.717, 1.165) is 41.9 Å². The quantitative estimate of drug-likeness (QED) is 0.498. The van der Waals surface area contributed by atoms with Gasteiger partial charge in [-0.05, 0) is 74.6 Å². The van der Waals surface area contributed by atoms with Gasteiger partial charge in [0.25, 0.3) is 0 Å². The number of pyridine rings is 1. The summed E-state index contributed by atoms with van der Waals surface area (Å²) in [7, 11) is 0. The number of nitrogens with zero attached hydrogens (tertiary/aromatic N) is 6. The van der Waals surface area contributed by atoms with Crippen molar-refractivity contribution in [2.24, 2.45) is 0 Å². The summed E-state index contributed by atoms with van der Waals surface area (Å²) in [4.78, 5) is 20.6. The number of aliphatic hydroxyl groups excluding tert-OH is 1. The van der Waals surface area contributed by atoms with Crippen molar-refractivity contribution in [1.82, 2.24) is 24.5 Å². The van der Waals surface area contributed by atoms with Crippen LogP contribution in [0.2, 0.25) is 0 Å². The summed E-state index contributed by atoms with van der Waals surface area (Å²) in [6, 6.07) is 8.17. The van der Waals surface area contributed by atoms with Gasteiger partial charge < -0.3 is 19.9 Å². The number of imidazole rings is 1. The van der Waals surface area contributed by atoms with Crippen LogP contribution in [0.3, 0.4) is 0 Å². The van der Waals surface area contributed by atoms with Gasteiger partial charge in [0.05, 0.1) is 24.4 Å². The molecule has 5 rings (SSSR count). The molecular formula is C24H27N7O. The third kappa shape index (κ3) is 3.67. The van der Waals surface area contributed by atoms with Gasteiger partial charge in [0, 0.05) is 18.4 Å². The van der Waals surface area contributed by atoms with Crippen LogP contribution in [0, 0.1) is 20.8 Å². The van der Waals surface area contributed by atoms with Gasteiger partial charge in [0.2, 0.25) is 5.95 Å². The molecule has 32 heavy (non-hydrogen) atoms. The first-order valence-corrected chi connectivity index (χ1v) is 10.9. The van der Waals surface area contributed by atoms with Gasteiger partial charge in [0.15, 0.2) is 11.6 Å². The lowest BCUT2D eigenvalue weighted by Gasteiger charge is -2.25. The Hall–Kier alpha value is -3.52. The maximum Gasteiger partial charge on any atom is 0.231 e. The molecule has 164 valence electrons. The highest BCUT2D eigenvalue weighted by molar-refractivity contribution is 5.87. The average molecular weight is 430 g/mol. The van der Waals surface area contributed by atoms with Gasteiger partial charge in [0.1, 0.15) is 11.8 Å². The second-order valence-corrected chi connectivity index (χ2v) is 8.41. The molecule has 0 unspecified atom stereocenters. The lowest BCUT2D eigenvalue weighted by atomic mass is 10.0. The van der Waals surface area contributed by atoms with E-state index in [9.17, 15) is 5.11 Å². The fraction of sp³-hybridized carbons (Fsp3) is 0.333. The van der Waals surface area contributed by atoms with E-state index in [2.05, 4.69) is 58.1 Å². The molecule has 0 amide bonds. The minimum absolute atomic E-state index is 0.0511. The molecule has 0 radical (unpaired) electrons. The molecule has 1 aliphatic heterocycles. The maximum absolute atomic E-state index is 9.81. The highest BCUT2D eigenvalue weighted by Gasteiger charge is 2.27. The zero-order valence-corrected chi connectivity index (χ0v) is 18.6. The second-order valence-electron chi connectivity index (χ2n) is 8.41. The first kappa shape index (κ1) is 20.4. The normalized spacial score (nSPS) is 16.1. The Morgan fingerprint density at radius 3 is 2.72 bits per heavy atom. The number of anilines is 3. The molecule has 0 aliphatic carbocycles. The first-order chi connectivity index (χ1) is 15.5. The Morgan fingerprint density at radius 1 is 1.12 bits per heavy atom. The number of aromatic nitrogens is 5. The Kier molecular flexibility index (Phi) is 5.22. The molecule has 1 aliphatic rings. The minimum Gasteiger partial charge on any atom is -0.394 e. The van der Waals surface area contributed by atoms with Crippen LogP contribution in [0.15, 0.2) is 43.0 Å². The third-order valence-corrected chi connectivity index (χ3v) is 6.33. The Balaban J connectivity index is 1.49. The van der Waals surface area contributed by atoms with E-state index in [1.807, 2.05) is 22.9 Å². The van der Waals surface area contributed by atoms with Crippen LogP contribution in [0.1, 0.15) is 29.5 Å². The topological polar surface area (TPSA) is 92.0 Å². The smallest absolute Gasteiger partial charge is 0.231 e. The van der Waals surface area contributed by atoms with Crippen molar-refractivity contribution >= 4 is 28.6 Å². The molecule has 2 N–H and O–H groups in total. The maximum atomic E-state index is 9.81. The van der Waals surface area contributed by atoms with Crippen LogP contribution in [0.5, 0.6) is 0 Å². The van der Waals surface area contributed by atoms with Crippen LogP contribution >= 0.6 is 0 Å². The summed E-state index contributed by atoms with van der Waals surface area (Å²) >= 11 is 0. The highest BCUT2D eigenvalue weighted by atomic mass is 16.3. The second kappa shape index (κ2) is 8.20. The van der Waals surface area contributed by atoms with E-state index in [-0.39, 0.29) is 12.6 Å². The number of hydrogen-bond acceptors (Lipinski definition) is 7. The van der Waals surface area contributed by atoms with Crippen molar-refractivity contribution in [3.8, 4) is 5.69 Å². The summed E-state index contributed by atoms with van der Waals surface area (Å²) in [6.45, 7) is 7.33. The molecule has 1 atom stereocenters. The SMILES string of the molecule is Cc1cc(-n2cnc(Nc3nc(N4CCC[C@H]4CO)c4ncccc4n3)c2)cc(C)c1C. The van der Waals surface area contributed by atoms with Gasteiger partial charge >= 0.3 is 0 Å². The van der Waals surface area contributed by atoms with Gasteiger partial charge in [-0.1, -0.05) is 0 Å². The molecule has 1 saturated heterocycles. The van der Waals surface area contributed by atoms with Gasteiger partial charge in [-0.2, -0.15) is 4.98 Å². The lowest BCUT2D eigenvalue weighted by Crippen LogP contribution is -2.33. The molecule has 3 aromatic heterocycles. The van der Waals surface area contributed by atoms with Gasteiger partial charge in [-0.3, -0.25) is 4.98 Å². The number of fused-ring (bicyclic) bond motifs is 1. The summed E-state index contributed by atoms with van der Waals surface area (Å²) < 4.78 is 1.99. The van der Waals surface area contributed by atoms with E-state index >= 15 is 0 Å². The zero-order chi connectivity index (χ0) is 22.2. The highest BCUT2D eigenvalue weighted by Crippen LogP contribution is 2.30. The van der Waals surface area contributed by atoms with Crippen molar-refractivity contribution in [2.45, 2.75) is 39.7 Å². The zero-order valence-electron chi connectivity index (χ0n) is 18.6. The third-order valence-electron chi connectivity index (χ3n) is 6.33. The summed E-state index contributed by atoms with van der Waals surface area (Å²) in [5.41, 5.74) is 6.38.